The van der Waals surface area contributed by atoms with Crippen molar-refractivity contribution in [3.8, 4) is 11.5 Å². The third-order valence-corrected chi connectivity index (χ3v) is 6.30. The van der Waals surface area contributed by atoms with Crippen molar-refractivity contribution in [3.05, 3.63) is 58.7 Å². The molecule has 0 aliphatic heterocycles. The molecule has 2 aromatic rings. The molecule has 2 nitrogen and oxygen atoms in total. The van der Waals surface area contributed by atoms with Crippen LogP contribution in [-0.4, -0.2) is 21.4 Å². The minimum atomic E-state index is -0.288. The number of hydrogen-bond acceptors (Lipinski definition) is 2. The first-order valence-corrected chi connectivity index (χ1v) is 13.1. The van der Waals surface area contributed by atoms with Gasteiger partial charge in [0.15, 0.2) is 5.15 Å². The van der Waals surface area contributed by atoms with Gasteiger partial charge in [-0.15, -0.1) is 0 Å². The van der Waals surface area contributed by atoms with Crippen LogP contribution in [0.5, 0.6) is 11.5 Å². The maximum atomic E-state index is 6.71. The summed E-state index contributed by atoms with van der Waals surface area (Å²) in [6.45, 7) is 27.0. The number of hydrogen-bond donors (Lipinski definition) is 0. The Morgan fingerprint density at radius 1 is 0.500 bits per heavy atom. The fraction of sp³-hybridized carbons (Fsp3) is 0.586. The van der Waals surface area contributed by atoms with Gasteiger partial charge in [-0.2, -0.15) is 0 Å². The molecule has 0 fully saturated rings. The van der Waals surface area contributed by atoms with Crippen LogP contribution in [0, 0.1) is 0 Å². The topological polar surface area (TPSA) is 18.5 Å². The summed E-state index contributed by atoms with van der Waals surface area (Å²) in [7, 11) is 0. The minimum absolute atomic E-state index is 0.0161. The Morgan fingerprint density at radius 2 is 0.719 bits per heavy atom. The first kappa shape index (κ1) is 26.8. The summed E-state index contributed by atoms with van der Waals surface area (Å²) in [4.78, 5) is 0. The molecule has 0 N–H and O–H groups in total. The fourth-order valence-electron chi connectivity index (χ4n) is 4.05. The number of para-hydroxylation sites is 2. The second kappa shape index (κ2) is 9.08. The molecule has 0 bridgehead atoms. The van der Waals surface area contributed by atoms with Gasteiger partial charge in [-0.05, 0) is 43.9 Å². The molecule has 0 atom stereocenters. The van der Waals surface area contributed by atoms with E-state index in [1.165, 1.54) is 22.3 Å². The van der Waals surface area contributed by atoms with Gasteiger partial charge < -0.3 is 9.47 Å². The van der Waals surface area contributed by atoms with Crippen LogP contribution in [0.25, 0.3) is 0 Å². The van der Waals surface area contributed by atoms with Crippen LogP contribution in [-0.2, 0) is 21.7 Å². The lowest BCUT2D eigenvalue weighted by atomic mass is 9.79. The zero-order chi connectivity index (χ0) is 24.7. The largest absolute Gasteiger partial charge is 0.471 e. The molecule has 0 aromatic heterocycles. The van der Waals surface area contributed by atoms with Gasteiger partial charge in [0.1, 0.15) is 11.5 Å². The van der Waals surface area contributed by atoms with Gasteiger partial charge in [-0.25, -0.2) is 0 Å². The molecule has 0 aliphatic rings. The molecule has 0 radical (unpaired) electrons. The molecule has 32 heavy (non-hydrogen) atoms. The molecule has 0 aliphatic carbocycles. The SMILES string of the molecule is CC(C)(C)c1cccc(C(C)(C)C)c1O[CH]([AlH2])Oc1c(C(C)(C)C)cccc1C(C)(C)C. The van der Waals surface area contributed by atoms with E-state index in [0.29, 0.717) is 0 Å². The Labute approximate surface area is 205 Å². The summed E-state index contributed by atoms with van der Waals surface area (Å²) in [6.07, 6.45) is 0. The Hall–Kier alpha value is -1.43. The van der Waals surface area contributed by atoms with Crippen LogP contribution in [0.4, 0.5) is 0 Å². The summed E-state index contributed by atoms with van der Waals surface area (Å²) >= 11 is 0.753. The van der Waals surface area contributed by atoms with E-state index in [9.17, 15) is 0 Å². The maximum Gasteiger partial charge on any atom is 0.344 e. The minimum Gasteiger partial charge on any atom is -0.471 e. The van der Waals surface area contributed by atoms with Gasteiger partial charge in [-0.3, -0.25) is 0 Å². The lowest BCUT2D eigenvalue weighted by Crippen LogP contribution is -2.30. The van der Waals surface area contributed by atoms with E-state index in [1.54, 1.807) is 0 Å². The standard InChI is InChI=1S/C29H43O2.Al.2H/c1-26(2,3)20-15-13-16-21(27(4,5)6)24(20)30-19-31-25-22(28(7,8)9)17-14-18-23(25)29(10,11)12;;;/h13-19H,1-12H3;;;. The van der Waals surface area contributed by atoms with Crippen LogP contribution in [0.1, 0.15) is 105 Å². The van der Waals surface area contributed by atoms with E-state index >= 15 is 0 Å². The van der Waals surface area contributed by atoms with Crippen molar-refractivity contribution in [1.29, 1.82) is 0 Å². The van der Waals surface area contributed by atoms with Crippen molar-refractivity contribution >= 4 is 16.3 Å². The molecule has 176 valence electrons. The summed E-state index contributed by atoms with van der Waals surface area (Å²) in [6, 6.07) is 13.1. The quantitative estimate of drug-likeness (QED) is 0.359. The van der Waals surface area contributed by atoms with Gasteiger partial charge in [0.2, 0.25) is 0 Å². The van der Waals surface area contributed by atoms with Crippen molar-refractivity contribution < 1.29 is 9.47 Å². The maximum absolute atomic E-state index is 6.71. The van der Waals surface area contributed by atoms with E-state index in [0.717, 1.165) is 27.8 Å². The van der Waals surface area contributed by atoms with Crippen molar-refractivity contribution in [2.75, 3.05) is 0 Å². The van der Waals surface area contributed by atoms with Crippen molar-refractivity contribution in [3.63, 3.8) is 0 Å². The Morgan fingerprint density at radius 3 is 0.906 bits per heavy atom. The smallest absolute Gasteiger partial charge is 0.344 e. The first-order chi connectivity index (χ1) is 14.3. The molecule has 0 saturated heterocycles. The third kappa shape index (κ3) is 6.33. The number of benzene rings is 2. The van der Waals surface area contributed by atoms with E-state index < -0.39 is 0 Å². The highest BCUT2D eigenvalue weighted by atomic mass is 27.0. The second-order valence-corrected chi connectivity index (χ2v) is 14.1. The normalized spacial score (nSPS) is 13.4. The molecule has 0 heterocycles. The third-order valence-electron chi connectivity index (χ3n) is 5.83. The van der Waals surface area contributed by atoms with Crippen molar-refractivity contribution in [2.24, 2.45) is 0 Å². The zero-order valence-corrected chi connectivity index (χ0v) is 24.9. The van der Waals surface area contributed by atoms with Crippen LogP contribution in [0.2, 0.25) is 0 Å². The van der Waals surface area contributed by atoms with Crippen LogP contribution in [0.3, 0.4) is 0 Å². The summed E-state index contributed by atoms with van der Waals surface area (Å²) in [5, 5.41) is -0.288. The van der Waals surface area contributed by atoms with Gasteiger partial charge >= 0.3 is 16.3 Å². The van der Waals surface area contributed by atoms with Gasteiger partial charge in [-0.1, -0.05) is 119 Å². The summed E-state index contributed by atoms with van der Waals surface area (Å²) < 4.78 is 13.4. The Balaban J connectivity index is 2.57. The molecule has 3 heteroatoms. The highest BCUT2D eigenvalue weighted by Gasteiger charge is 2.30. The molecule has 0 spiro atoms. The lowest BCUT2D eigenvalue weighted by molar-refractivity contribution is 0.0697. The van der Waals surface area contributed by atoms with E-state index in [2.05, 4.69) is 119 Å². The molecule has 0 amide bonds. The highest BCUT2D eigenvalue weighted by Crippen LogP contribution is 2.42. The first-order valence-electron chi connectivity index (χ1n) is 11.9. The molecule has 2 aromatic carbocycles. The summed E-state index contributed by atoms with van der Waals surface area (Å²) in [5.41, 5.74) is 4.86. The molecule has 0 saturated carbocycles. The van der Waals surface area contributed by atoms with E-state index in [1.807, 2.05) is 0 Å². The number of ether oxygens (including phenoxy) is 2. The average molecular weight is 453 g/mol. The van der Waals surface area contributed by atoms with Gasteiger partial charge in [0.25, 0.3) is 0 Å². The number of rotatable bonds is 4. The van der Waals surface area contributed by atoms with Crippen molar-refractivity contribution in [1.82, 2.24) is 0 Å². The predicted octanol–water partition coefficient (Wildman–Crippen LogP) is 7.25. The van der Waals surface area contributed by atoms with E-state index in [-0.39, 0.29) is 26.8 Å². The molecule has 2 rings (SSSR count). The van der Waals surface area contributed by atoms with Crippen LogP contribution >= 0.6 is 0 Å². The second-order valence-electron chi connectivity index (χ2n) is 13.2. The predicted molar refractivity (Wildman–Crippen MR) is 141 cm³/mol. The molecular weight excluding hydrogens is 407 g/mol. The fourth-order valence-corrected chi connectivity index (χ4v) is 4.52. The summed E-state index contributed by atoms with van der Waals surface area (Å²) in [5.74, 6) is 1.97. The monoisotopic (exact) mass is 452 g/mol. The molecule has 0 unspecified atom stereocenters. The van der Waals surface area contributed by atoms with Crippen LogP contribution < -0.4 is 9.47 Å². The van der Waals surface area contributed by atoms with Gasteiger partial charge in [0.05, 0.1) is 0 Å². The Bertz CT molecular complexity index is 790. The zero-order valence-electron chi connectivity index (χ0n) is 22.9. The lowest BCUT2D eigenvalue weighted by Gasteiger charge is -2.34. The Kier molecular flexibility index (Phi) is 7.61. The highest BCUT2D eigenvalue weighted by molar-refractivity contribution is 6.10. The molecular formula is C29H45AlO2. The van der Waals surface area contributed by atoms with Gasteiger partial charge in [0, 0.05) is 0 Å². The van der Waals surface area contributed by atoms with Crippen molar-refractivity contribution in [2.45, 2.75) is 110 Å². The van der Waals surface area contributed by atoms with Crippen LogP contribution in [0.15, 0.2) is 36.4 Å². The average Bonchev–Trinajstić information content (AvgIpc) is 2.58. The van der Waals surface area contributed by atoms with E-state index in [4.69, 9.17) is 9.47 Å².